The molecule has 0 aliphatic carbocycles. The standard InChI is InChI=1S/C9H11N3O4S2/c13-6(14)4-17-9-12-11-8(18-9)10-7(15)5-1-2-16-3-5/h5H,1-4H2,(H,13,14)(H,10,11,15). The van der Waals surface area contributed by atoms with Gasteiger partial charge in [0.05, 0.1) is 18.3 Å². The van der Waals surface area contributed by atoms with E-state index < -0.39 is 5.97 Å². The summed E-state index contributed by atoms with van der Waals surface area (Å²) < 4.78 is 5.65. The Morgan fingerprint density at radius 1 is 1.56 bits per heavy atom. The van der Waals surface area contributed by atoms with Gasteiger partial charge in [-0.2, -0.15) is 0 Å². The minimum atomic E-state index is -0.913. The minimum absolute atomic E-state index is 0.0704. The quantitative estimate of drug-likeness (QED) is 0.607. The van der Waals surface area contributed by atoms with Crippen LogP contribution in [0.1, 0.15) is 6.42 Å². The second-order valence-electron chi connectivity index (χ2n) is 3.61. The summed E-state index contributed by atoms with van der Waals surface area (Å²) in [5, 5.41) is 19.1. The zero-order valence-electron chi connectivity index (χ0n) is 9.29. The molecule has 2 N–H and O–H groups in total. The number of amides is 1. The normalized spacial score (nSPS) is 18.8. The molecule has 1 fully saturated rings. The van der Waals surface area contributed by atoms with E-state index in [1.54, 1.807) is 0 Å². The van der Waals surface area contributed by atoms with Crippen LogP contribution in [0.25, 0.3) is 0 Å². The molecule has 1 atom stereocenters. The van der Waals surface area contributed by atoms with Gasteiger partial charge in [-0.25, -0.2) is 0 Å². The van der Waals surface area contributed by atoms with Crippen molar-refractivity contribution in [2.45, 2.75) is 10.8 Å². The molecule has 0 bridgehead atoms. The van der Waals surface area contributed by atoms with Crippen molar-refractivity contribution < 1.29 is 19.4 Å². The second kappa shape index (κ2) is 6.12. The van der Waals surface area contributed by atoms with E-state index in [0.29, 0.717) is 29.1 Å². The summed E-state index contributed by atoms with van der Waals surface area (Å²) in [5.41, 5.74) is 0. The summed E-state index contributed by atoms with van der Waals surface area (Å²) in [6, 6.07) is 0. The average Bonchev–Trinajstić information content (AvgIpc) is 2.97. The van der Waals surface area contributed by atoms with Crippen LogP contribution in [-0.4, -0.2) is 46.1 Å². The maximum absolute atomic E-state index is 11.7. The van der Waals surface area contributed by atoms with Crippen molar-refractivity contribution in [3.05, 3.63) is 0 Å². The second-order valence-corrected chi connectivity index (χ2v) is 5.81. The molecule has 0 saturated carbocycles. The van der Waals surface area contributed by atoms with Crippen LogP contribution < -0.4 is 5.32 Å². The summed E-state index contributed by atoms with van der Waals surface area (Å²) in [7, 11) is 0. The van der Waals surface area contributed by atoms with Crippen LogP contribution in [0.2, 0.25) is 0 Å². The summed E-state index contributed by atoms with van der Waals surface area (Å²) in [4.78, 5) is 22.1. The fourth-order valence-electron chi connectivity index (χ4n) is 1.39. The van der Waals surface area contributed by atoms with Crippen molar-refractivity contribution in [1.82, 2.24) is 10.2 Å². The smallest absolute Gasteiger partial charge is 0.313 e. The highest BCUT2D eigenvalue weighted by Crippen LogP contribution is 2.26. The first-order valence-electron chi connectivity index (χ1n) is 5.22. The van der Waals surface area contributed by atoms with Crippen molar-refractivity contribution in [2.75, 3.05) is 24.3 Å². The van der Waals surface area contributed by atoms with Gasteiger partial charge in [0.15, 0.2) is 4.34 Å². The zero-order valence-corrected chi connectivity index (χ0v) is 10.9. The van der Waals surface area contributed by atoms with Crippen molar-refractivity contribution >= 4 is 40.1 Å². The molecule has 0 spiro atoms. The van der Waals surface area contributed by atoms with Gasteiger partial charge in [-0.3, -0.25) is 9.59 Å². The van der Waals surface area contributed by atoms with Gasteiger partial charge in [0, 0.05) is 6.61 Å². The molecule has 2 heterocycles. The van der Waals surface area contributed by atoms with E-state index >= 15 is 0 Å². The van der Waals surface area contributed by atoms with Crippen LogP contribution >= 0.6 is 23.1 Å². The first-order chi connectivity index (χ1) is 8.65. The predicted molar refractivity (Wildman–Crippen MR) is 65.8 cm³/mol. The van der Waals surface area contributed by atoms with Crippen LogP contribution in [0.5, 0.6) is 0 Å². The number of nitrogens with one attached hydrogen (secondary N) is 1. The van der Waals surface area contributed by atoms with Crippen LogP contribution in [-0.2, 0) is 14.3 Å². The number of anilines is 1. The number of hydrogen-bond acceptors (Lipinski definition) is 7. The van der Waals surface area contributed by atoms with Gasteiger partial charge in [-0.05, 0) is 6.42 Å². The van der Waals surface area contributed by atoms with Crippen molar-refractivity contribution in [3.8, 4) is 0 Å². The predicted octanol–water partition coefficient (Wildman–Crippen LogP) is 0.690. The Morgan fingerprint density at radius 3 is 3.06 bits per heavy atom. The Morgan fingerprint density at radius 2 is 2.39 bits per heavy atom. The molecule has 1 saturated heterocycles. The number of ether oxygens (including phenoxy) is 1. The SMILES string of the molecule is O=C(O)CSc1nnc(NC(=O)C2CCOC2)s1. The molecule has 1 aromatic rings. The lowest BCUT2D eigenvalue weighted by atomic mass is 10.1. The molecule has 1 amide bonds. The topological polar surface area (TPSA) is 101 Å². The molecule has 1 aliphatic heterocycles. The Kier molecular flexibility index (Phi) is 4.50. The monoisotopic (exact) mass is 289 g/mol. The number of thioether (sulfide) groups is 1. The van der Waals surface area contributed by atoms with Gasteiger partial charge in [-0.15, -0.1) is 10.2 Å². The summed E-state index contributed by atoms with van der Waals surface area (Å²) >= 11 is 2.24. The van der Waals surface area contributed by atoms with Crippen LogP contribution in [0, 0.1) is 5.92 Å². The first-order valence-corrected chi connectivity index (χ1v) is 7.02. The Hall–Kier alpha value is -1.19. The minimum Gasteiger partial charge on any atom is -0.481 e. The lowest BCUT2D eigenvalue weighted by molar-refractivity contribution is -0.133. The van der Waals surface area contributed by atoms with Crippen molar-refractivity contribution in [2.24, 2.45) is 5.92 Å². The molecule has 1 aromatic heterocycles. The molecule has 98 valence electrons. The van der Waals surface area contributed by atoms with Gasteiger partial charge in [0.1, 0.15) is 0 Å². The van der Waals surface area contributed by atoms with Crippen LogP contribution in [0.3, 0.4) is 0 Å². The van der Waals surface area contributed by atoms with Gasteiger partial charge in [0.2, 0.25) is 11.0 Å². The summed E-state index contributed by atoms with van der Waals surface area (Å²) in [5.74, 6) is -1.25. The van der Waals surface area contributed by atoms with E-state index in [9.17, 15) is 9.59 Å². The number of rotatable bonds is 5. The molecular formula is C9H11N3O4S2. The van der Waals surface area contributed by atoms with E-state index in [2.05, 4.69) is 15.5 Å². The maximum Gasteiger partial charge on any atom is 0.313 e. The van der Waals surface area contributed by atoms with Crippen molar-refractivity contribution in [3.63, 3.8) is 0 Å². The molecule has 0 aromatic carbocycles. The Balaban J connectivity index is 1.85. The third-order valence-electron chi connectivity index (χ3n) is 2.26. The number of carbonyl (C=O) groups excluding carboxylic acids is 1. The number of carbonyl (C=O) groups is 2. The molecule has 18 heavy (non-hydrogen) atoms. The summed E-state index contributed by atoms with van der Waals surface area (Å²) in [6.07, 6.45) is 0.714. The number of aromatic nitrogens is 2. The number of nitrogens with zero attached hydrogens (tertiary/aromatic N) is 2. The number of hydrogen-bond donors (Lipinski definition) is 2. The zero-order chi connectivity index (χ0) is 13.0. The highest BCUT2D eigenvalue weighted by Gasteiger charge is 2.24. The number of aliphatic carboxylic acids is 1. The lowest BCUT2D eigenvalue weighted by Gasteiger charge is -2.05. The lowest BCUT2D eigenvalue weighted by Crippen LogP contribution is -2.22. The summed E-state index contributed by atoms with van der Waals surface area (Å²) in [6.45, 7) is 1.04. The number of carboxylic acid groups (broad SMARTS) is 1. The van der Waals surface area contributed by atoms with Gasteiger partial charge in [0.25, 0.3) is 0 Å². The molecular weight excluding hydrogens is 278 g/mol. The molecule has 0 radical (unpaired) electrons. The van der Waals surface area contributed by atoms with E-state index in [0.717, 1.165) is 11.8 Å². The Labute approximate surface area is 111 Å². The molecule has 1 unspecified atom stereocenters. The molecule has 2 rings (SSSR count). The van der Waals surface area contributed by atoms with Gasteiger partial charge < -0.3 is 15.2 Å². The van der Waals surface area contributed by atoms with E-state index in [1.165, 1.54) is 11.3 Å². The fourth-order valence-corrected chi connectivity index (χ4v) is 2.87. The maximum atomic E-state index is 11.7. The molecule has 9 heteroatoms. The number of carboxylic acids is 1. The van der Waals surface area contributed by atoms with Crippen molar-refractivity contribution in [1.29, 1.82) is 0 Å². The molecule has 7 nitrogen and oxygen atoms in total. The van der Waals surface area contributed by atoms with E-state index in [-0.39, 0.29) is 17.6 Å². The van der Waals surface area contributed by atoms with Gasteiger partial charge in [-0.1, -0.05) is 23.1 Å². The fraction of sp³-hybridized carbons (Fsp3) is 0.556. The third kappa shape index (κ3) is 3.65. The Bertz CT molecular complexity index is 445. The van der Waals surface area contributed by atoms with E-state index in [1.807, 2.05) is 0 Å². The molecule has 1 aliphatic rings. The first kappa shape index (κ1) is 13.2. The van der Waals surface area contributed by atoms with Crippen LogP contribution in [0.15, 0.2) is 4.34 Å². The van der Waals surface area contributed by atoms with E-state index in [4.69, 9.17) is 9.84 Å². The largest absolute Gasteiger partial charge is 0.481 e. The van der Waals surface area contributed by atoms with Gasteiger partial charge >= 0.3 is 5.97 Å². The third-order valence-corrected chi connectivity index (χ3v) is 4.21. The highest BCUT2D eigenvalue weighted by molar-refractivity contribution is 8.01. The average molecular weight is 289 g/mol. The van der Waals surface area contributed by atoms with Crippen LogP contribution in [0.4, 0.5) is 5.13 Å². The highest BCUT2D eigenvalue weighted by atomic mass is 32.2.